The Kier molecular flexibility index (Phi) is 3.24. The molecule has 1 saturated heterocycles. The highest BCUT2D eigenvalue weighted by Crippen LogP contribution is 2.36. The first-order valence-corrected chi connectivity index (χ1v) is 5.73. The van der Waals surface area contributed by atoms with Crippen LogP contribution in [-0.2, 0) is 5.92 Å². The molecule has 88 valence electrons. The maximum atomic E-state index is 14.0. The van der Waals surface area contributed by atoms with Gasteiger partial charge in [-0.25, -0.2) is 8.78 Å². The van der Waals surface area contributed by atoms with E-state index in [1.54, 1.807) is 12.1 Å². The molecule has 1 aliphatic rings. The van der Waals surface area contributed by atoms with Crippen molar-refractivity contribution in [2.24, 2.45) is 5.92 Å². The predicted octanol–water partition coefficient (Wildman–Crippen LogP) is 3.09. The van der Waals surface area contributed by atoms with E-state index in [1.807, 2.05) is 13.0 Å². The summed E-state index contributed by atoms with van der Waals surface area (Å²) in [5.41, 5.74) is 1.04. The second-order valence-electron chi connectivity index (χ2n) is 4.64. The first-order valence-electron chi connectivity index (χ1n) is 5.73. The summed E-state index contributed by atoms with van der Waals surface area (Å²) in [7, 11) is 0. The summed E-state index contributed by atoms with van der Waals surface area (Å²) in [6, 6.07) is 6.65. The Hall–Kier alpha value is -0.960. The van der Waals surface area contributed by atoms with Crippen molar-refractivity contribution in [1.29, 1.82) is 0 Å². The van der Waals surface area contributed by atoms with Crippen molar-refractivity contribution in [3.8, 4) is 0 Å². The van der Waals surface area contributed by atoms with Gasteiger partial charge in [-0.3, -0.25) is 0 Å². The van der Waals surface area contributed by atoms with Gasteiger partial charge in [-0.15, -0.1) is 0 Å². The number of aryl methyl sites for hydroxylation is 1. The zero-order valence-electron chi connectivity index (χ0n) is 9.47. The van der Waals surface area contributed by atoms with Crippen molar-refractivity contribution in [2.45, 2.75) is 25.7 Å². The molecule has 0 aliphatic carbocycles. The molecule has 16 heavy (non-hydrogen) atoms. The number of rotatable bonds is 3. The minimum absolute atomic E-state index is 0.0382. The van der Waals surface area contributed by atoms with Gasteiger partial charge in [0.15, 0.2) is 0 Å². The molecule has 1 atom stereocenters. The third-order valence-corrected chi connectivity index (χ3v) is 3.15. The minimum Gasteiger partial charge on any atom is -0.316 e. The highest BCUT2D eigenvalue weighted by Gasteiger charge is 2.35. The first-order chi connectivity index (χ1) is 7.58. The molecule has 0 radical (unpaired) electrons. The summed E-state index contributed by atoms with van der Waals surface area (Å²) in [6.45, 7) is 3.44. The third-order valence-electron chi connectivity index (χ3n) is 3.15. The molecule has 1 aliphatic heterocycles. The van der Waals surface area contributed by atoms with Gasteiger partial charge in [0.25, 0.3) is 5.92 Å². The number of benzene rings is 1. The molecule has 0 saturated carbocycles. The van der Waals surface area contributed by atoms with Gasteiger partial charge in [0.2, 0.25) is 0 Å². The molecule has 1 N–H and O–H groups in total. The van der Waals surface area contributed by atoms with E-state index >= 15 is 0 Å². The van der Waals surface area contributed by atoms with Crippen LogP contribution in [0.2, 0.25) is 0 Å². The lowest BCUT2D eigenvalue weighted by atomic mass is 9.94. The number of halogens is 2. The maximum Gasteiger partial charge on any atom is 0.273 e. The molecule has 1 heterocycles. The van der Waals surface area contributed by atoms with Gasteiger partial charge >= 0.3 is 0 Å². The van der Waals surface area contributed by atoms with Gasteiger partial charge < -0.3 is 5.32 Å². The molecule has 1 unspecified atom stereocenters. The Morgan fingerprint density at radius 3 is 2.88 bits per heavy atom. The Bertz CT molecular complexity index is 357. The standard InChI is InChI=1S/C13H17F2N/c1-10-3-2-4-12(7-10)13(14,15)8-11-5-6-16-9-11/h2-4,7,11,16H,5-6,8-9H2,1H3. The molecule has 0 spiro atoms. The van der Waals surface area contributed by atoms with E-state index in [2.05, 4.69) is 5.32 Å². The smallest absolute Gasteiger partial charge is 0.273 e. The van der Waals surface area contributed by atoms with Crippen molar-refractivity contribution in [2.75, 3.05) is 13.1 Å². The first kappa shape index (κ1) is 11.5. The highest BCUT2D eigenvalue weighted by molar-refractivity contribution is 5.26. The van der Waals surface area contributed by atoms with E-state index < -0.39 is 5.92 Å². The predicted molar refractivity (Wildman–Crippen MR) is 60.7 cm³/mol. The average Bonchev–Trinajstić information content (AvgIpc) is 2.70. The molecule has 1 aromatic carbocycles. The van der Waals surface area contributed by atoms with E-state index in [0.29, 0.717) is 0 Å². The van der Waals surface area contributed by atoms with E-state index in [4.69, 9.17) is 0 Å². The second kappa shape index (κ2) is 4.50. The molecule has 0 bridgehead atoms. The molecule has 0 amide bonds. The van der Waals surface area contributed by atoms with Crippen LogP contribution in [-0.4, -0.2) is 13.1 Å². The summed E-state index contributed by atoms with van der Waals surface area (Å²) < 4.78 is 27.9. The number of alkyl halides is 2. The number of hydrogen-bond donors (Lipinski definition) is 1. The molecule has 3 heteroatoms. The molecular formula is C13H17F2N. The zero-order chi connectivity index (χ0) is 11.6. The number of hydrogen-bond acceptors (Lipinski definition) is 1. The quantitative estimate of drug-likeness (QED) is 0.833. The normalized spacial score (nSPS) is 21.3. The fourth-order valence-corrected chi connectivity index (χ4v) is 2.24. The summed E-state index contributed by atoms with van der Waals surface area (Å²) in [5.74, 6) is -2.58. The topological polar surface area (TPSA) is 12.0 Å². The van der Waals surface area contributed by atoms with Crippen LogP contribution in [0.4, 0.5) is 8.78 Å². The van der Waals surface area contributed by atoms with Crippen LogP contribution in [0.3, 0.4) is 0 Å². The Labute approximate surface area is 94.9 Å². The van der Waals surface area contributed by atoms with Crippen LogP contribution in [0.25, 0.3) is 0 Å². The van der Waals surface area contributed by atoms with Crippen LogP contribution in [0, 0.1) is 12.8 Å². The van der Waals surface area contributed by atoms with E-state index in [-0.39, 0.29) is 17.9 Å². The van der Waals surface area contributed by atoms with Gasteiger partial charge in [-0.1, -0.05) is 29.8 Å². The molecule has 1 aromatic rings. The fraction of sp³-hybridized carbons (Fsp3) is 0.538. The Morgan fingerprint density at radius 2 is 2.25 bits per heavy atom. The maximum absolute atomic E-state index is 14.0. The molecule has 0 aromatic heterocycles. The summed E-state index contributed by atoms with van der Waals surface area (Å²) in [5, 5.41) is 3.12. The SMILES string of the molecule is Cc1cccc(C(F)(F)CC2CCNC2)c1. The lowest BCUT2D eigenvalue weighted by Crippen LogP contribution is -2.20. The van der Waals surface area contributed by atoms with Crippen LogP contribution in [0.15, 0.2) is 24.3 Å². The Balaban J connectivity index is 2.10. The van der Waals surface area contributed by atoms with Crippen LogP contribution in [0.5, 0.6) is 0 Å². The van der Waals surface area contributed by atoms with Crippen molar-refractivity contribution in [3.05, 3.63) is 35.4 Å². The Morgan fingerprint density at radius 1 is 1.44 bits per heavy atom. The highest BCUT2D eigenvalue weighted by atomic mass is 19.3. The largest absolute Gasteiger partial charge is 0.316 e. The molecule has 2 rings (SSSR count). The fourth-order valence-electron chi connectivity index (χ4n) is 2.24. The molecule has 1 fully saturated rings. The van der Waals surface area contributed by atoms with Crippen molar-refractivity contribution < 1.29 is 8.78 Å². The molecular weight excluding hydrogens is 208 g/mol. The van der Waals surface area contributed by atoms with E-state index in [1.165, 1.54) is 6.07 Å². The lowest BCUT2D eigenvalue weighted by molar-refractivity contribution is -0.0268. The van der Waals surface area contributed by atoms with Crippen LogP contribution >= 0.6 is 0 Å². The van der Waals surface area contributed by atoms with Crippen molar-refractivity contribution >= 4 is 0 Å². The van der Waals surface area contributed by atoms with Gasteiger partial charge in [0.1, 0.15) is 0 Å². The van der Waals surface area contributed by atoms with Gasteiger partial charge in [-0.2, -0.15) is 0 Å². The lowest BCUT2D eigenvalue weighted by Gasteiger charge is -2.20. The average molecular weight is 225 g/mol. The van der Waals surface area contributed by atoms with Crippen LogP contribution in [0.1, 0.15) is 24.0 Å². The van der Waals surface area contributed by atoms with Gasteiger partial charge in [0.05, 0.1) is 0 Å². The minimum atomic E-state index is -2.69. The third kappa shape index (κ3) is 2.59. The van der Waals surface area contributed by atoms with E-state index in [0.717, 1.165) is 25.1 Å². The van der Waals surface area contributed by atoms with Gasteiger partial charge in [-0.05, 0) is 32.4 Å². The van der Waals surface area contributed by atoms with Crippen LogP contribution < -0.4 is 5.32 Å². The number of nitrogens with one attached hydrogen (secondary N) is 1. The monoisotopic (exact) mass is 225 g/mol. The molecule has 1 nitrogen and oxygen atoms in total. The summed E-state index contributed by atoms with van der Waals surface area (Å²) >= 11 is 0. The van der Waals surface area contributed by atoms with E-state index in [9.17, 15) is 8.78 Å². The van der Waals surface area contributed by atoms with Gasteiger partial charge in [0, 0.05) is 12.0 Å². The zero-order valence-corrected chi connectivity index (χ0v) is 9.47. The van der Waals surface area contributed by atoms with Crippen molar-refractivity contribution in [3.63, 3.8) is 0 Å². The summed E-state index contributed by atoms with van der Waals surface area (Å²) in [6.07, 6.45) is 0.824. The summed E-state index contributed by atoms with van der Waals surface area (Å²) in [4.78, 5) is 0. The second-order valence-corrected chi connectivity index (χ2v) is 4.64. The van der Waals surface area contributed by atoms with Crippen molar-refractivity contribution in [1.82, 2.24) is 5.32 Å².